The molecule has 160 valence electrons. The van der Waals surface area contributed by atoms with Crippen molar-refractivity contribution < 1.29 is 19.1 Å². The van der Waals surface area contributed by atoms with Crippen molar-refractivity contribution in [3.63, 3.8) is 0 Å². The normalized spacial score (nSPS) is 20.4. The first-order chi connectivity index (χ1) is 15.0. The third kappa shape index (κ3) is 4.23. The molecular weight excluding hydrogens is 412 g/mol. The number of fused-ring (bicyclic) bond motifs is 1. The maximum Gasteiger partial charge on any atom is 0.338 e. The Morgan fingerprint density at radius 2 is 1.84 bits per heavy atom. The maximum atomic E-state index is 12.9. The smallest absolute Gasteiger partial charge is 0.338 e. The average molecular weight is 437 g/mol. The van der Waals surface area contributed by atoms with Gasteiger partial charge in [0.15, 0.2) is 5.17 Å². The van der Waals surface area contributed by atoms with Gasteiger partial charge < -0.3 is 9.47 Å². The van der Waals surface area contributed by atoms with Gasteiger partial charge in [-0.05, 0) is 44.0 Å². The minimum absolute atomic E-state index is 0.0625. The number of hydrogen-bond acceptors (Lipinski definition) is 6. The number of ether oxygens (including phenoxy) is 2. The van der Waals surface area contributed by atoms with E-state index < -0.39 is 12.0 Å². The van der Waals surface area contributed by atoms with Crippen molar-refractivity contribution in [2.45, 2.75) is 38.7 Å². The highest BCUT2D eigenvalue weighted by atomic mass is 32.2. The molecule has 0 radical (unpaired) electrons. The Balaban J connectivity index is 1.63. The summed E-state index contributed by atoms with van der Waals surface area (Å²) in [4.78, 5) is 31.8. The van der Waals surface area contributed by atoms with Gasteiger partial charge in [-0.1, -0.05) is 54.2 Å². The number of carbonyl (C=O) groups is 2. The van der Waals surface area contributed by atoms with Crippen LogP contribution in [0.4, 0.5) is 0 Å². The summed E-state index contributed by atoms with van der Waals surface area (Å²) in [6, 6.07) is 16.9. The lowest BCUT2D eigenvalue weighted by Crippen LogP contribution is -2.40. The summed E-state index contributed by atoms with van der Waals surface area (Å²) in [6.07, 6.45) is 0. The van der Waals surface area contributed by atoms with Crippen molar-refractivity contribution in [2.75, 3.05) is 6.61 Å². The molecule has 4 rings (SSSR count). The summed E-state index contributed by atoms with van der Waals surface area (Å²) in [5, 5.41) is 0.376. The van der Waals surface area contributed by atoms with Crippen molar-refractivity contribution >= 4 is 28.8 Å². The van der Waals surface area contributed by atoms with Crippen LogP contribution in [0.5, 0.6) is 5.75 Å². The number of esters is 1. The molecule has 2 atom stereocenters. The predicted molar refractivity (Wildman–Crippen MR) is 121 cm³/mol. The van der Waals surface area contributed by atoms with E-state index in [1.165, 1.54) is 11.8 Å². The van der Waals surface area contributed by atoms with Gasteiger partial charge in [0.2, 0.25) is 5.91 Å². The van der Waals surface area contributed by atoms with E-state index in [9.17, 15) is 9.59 Å². The van der Waals surface area contributed by atoms with Gasteiger partial charge >= 0.3 is 5.97 Å². The molecule has 6 nitrogen and oxygen atoms in total. The number of benzene rings is 2. The summed E-state index contributed by atoms with van der Waals surface area (Å²) in [6.45, 7) is 6.12. The fourth-order valence-electron chi connectivity index (χ4n) is 3.68. The average Bonchev–Trinajstić information content (AvgIpc) is 3.05. The zero-order valence-electron chi connectivity index (χ0n) is 17.7. The number of nitrogens with zero attached hydrogens (tertiary/aromatic N) is 2. The molecule has 2 aromatic rings. The van der Waals surface area contributed by atoms with Crippen molar-refractivity contribution in [3.05, 3.63) is 77.0 Å². The summed E-state index contributed by atoms with van der Waals surface area (Å²) in [5.41, 5.74) is 2.86. The summed E-state index contributed by atoms with van der Waals surface area (Å²) in [5.74, 6) is 0.202. The van der Waals surface area contributed by atoms with Crippen LogP contribution in [0.25, 0.3) is 0 Å². The molecule has 2 aliphatic rings. The molecule has 2 aliphatic heterocycles. The lowest BCUT2D eigenvalue weighted by atomic mass is 9.94. The van der Waals surface area contributed by atoms with E-state index in [4.69, 9.17) is 9.47 Å². The molecule has 1 fully saturated rings. The Kier molecular flexibility index (Phi) is 6.13. The summed E-state index contributed by atoms with van der Waals surface area (Å²) >= 11 is 1.41. The third-order valence-electron chi connectivity index (χ3n) is 5.20. The van der Waals surface area contributed by atoms with Crippen LogP contribution >= 0.6 is 11.8 Å². The van der Waals surface area contributed by atoms with Gasteiger partial charge in [-0.25, -0.2) is 9.79 Å². The number of allylic oxidation sites excluding steroid dienone is 1. The van der Waals surface area contributed by atoms with Gasteiger partial charge in [-0.15, -0.1) is 0 Å². The number of thioether (sulfide) groups is 1. The minimum atomic E-state index is -0.570. The number of rotatable bonds is 6. The SMILES string of the molecule is CCOC(=O)C1=C(C)N=C2S[C@@H](C)C(=O)N2[C@H]1c1ccc(OCc2ccccc2)cc1. The predicted octanol–water partition coefficient (Wildman–Crippen LogP) is 4.48. The van der Waals surface area contributed by atoms with Gasteiger partial charge in [0.05, 0.1) is 29.2 Å². The van der Waals surface area contributed by atoms with Crippen LogP contribution in [0.1, 0.15) is 37.9 Å². The van der Waals surface area contributed by atoms with Crippen molar-refractivity contribution in [1.82, 2.24) is 4.90 Å². The molecule has 2 aromatic carbocycles. The molecule has 0 aromatic heterocycles. The molecule has 2 heterocycles. The van der Waals surface area contributed by atoms with Gasteiger partial charge in [0.1, 0.15) is 12.4 Å². The number of carbonyl (C=O) groups excluding carboxylic acids is 2. The highest BCUT2D eigenvalue weighted by Gasteiger charge is 2.46. The lowest BCUT2D eigenvalue weighted by molar-refractivity contribution is -0.139. The number of amides is 1. The first kappa shape index (κ1) is 21.2. The first-order valence-corrected chi connectivity index (χ1v) is 11.1. The fraction of sp³-hybridized carbons (Fsp3) is 0.292. The molecule has 0 N–H and O–H groups in total. The molecule has 0 spiro atoms. The second kappa shape index (κ2) is 8.98. The third-order valence-corrected chi connectivity index (χ3v) is 6.25. The quantitative estimate of drug-likeness (QED) is 0.625. The Labute approximate surface area is 185 Å². The highest BCUT2D eigenvalue weighted by molar-refractivity contribution is 8.15. The van der Waals surface area contributed by atoms with E-state index in [1.54, 1.807) is 18.7 Å². The van der Waals surface area contributed by atoms with Crippen molar-refractivity contribution in [2.24, 2.45) is 4.99 Å². The Bertz CT molecular complexity index is 1050. The number of hydrogen-bond donors (Lipinski definition) is 0. The van der Waals surface area contributed by atoms with E-state index in [1.807, 2.05) is 61.5 Å². The van der Waals surface area contributed by atoms with Crippen molar-refractivity contribution in [1.29, 1.82) is 0 Å². The van der Waals surface area contributed by atoms with Crippen LogP contribution in [-0.4, -0.2) is 33.8 Å². The van der Waals surface area contributed by atoms with E-state index >= 15 is 0 Å². The topological polar surface area (TPSA) is 68.2 Å². The zero-order valence-corrected chi connectivity index (χ0v) is 18.5. The largest absolute Gasteiger partial charge is 0.489 e. The van der Waals surface area contributed by atoms with Crippen LogP contribution in [0.15, 0.2) is 70.9 Å². The van der Waals surface area contributed by atoms with Crippen LogP contribution < -0.4 is 4.74 Å². The zero-order chi connectivity index (χ0) is 22.0. The highest BCUT2D eigenvalue weighted by Crippen LogP contribution is 2.43. The first-order valence-electron chi connectivity index (χ1n) is 10.2. The monoisotopic (exact) mass is 436 g/mol. The van der Waals surface area contributed by atoms with Gasteiger partial charge in [-0.3, -0.25) is 9.69 Å². The minimum Gasteiger partial charge on any atom is -0.489 e. The molecule has 0 unspecified atom stereocenters. The standard InChI is InChI=1S/C24H24N2O4S/c1-4-29-23(28)20-15(2)25-24-26(22(27)16(3)31-24)21(20)18-10-12-19(13-11-18)30-14-17-8-6-5-7-9-17/h5-13,16,21H,4,14H2,1-3H3/t16-,21-/m0/s1. The second-order valence-electron chi connectivity index (χ2n) is 7.33. The maximum absolute atomic E-state index is 12.9. The number of aliphatic imine (C=N–C) groups is 1. The van der Waals surface area contributed by atoms with E-state index in [2.05, 4.69) is 4.99 Å². The van der Waals surface area contributed by atoms with Gasteiger partial charge in [0.25, 0.3) is 0 Å². The van der Waals surface area contributed by atoms with Crippen LogP contribution in [0.2, 0.25) is 0 Å². The van der Waals surface area contributed by atoms with Crippen molar-refractivity contribution in [3.8, 4) is 5.75 Å². The fourth-order valence-corrected chi connectivity index (χ4v) is 4.70. The van der Waals surface area contributed by atoms with Crippen LogP contribution in [0, 0.1) is 0 Å². The summed E-state index contributed by atoms with van der Waals surface area (Å²) < 4.78 is 11.2. The molecule has 7 heteroatoms. The molecule has 31 heavy (non-hydrogen) atoms. The van der Waals surface area contributed by atoms with E-state index in [0.717, 1.165) is 11.1 Å². The van der Waals surface area contributed by atoms with Gasteiger partial charge in [-0.2, -0.15) is 0 Å². The second-order valence-corrected chi connectivity index (χ2v) is 8.64. The Morgan fingerprint density at radius 3 is 2.52 bits per heavy atom. The van der Waals surface area contributed by atoms with Crippen LogP contribution in [-0.2, 0) is 20.9 Å². The molecule has 0 aliphatic carbocycles. The van der Waals surface area contributed by atoms with Crippen LogP contribution in [0.3, 0.4) is 0 Å². The molecule has 1 saturated heterocycles. The Hall–Kier alpha value is -3.06. The van der Waals surface area contributed by atoms with Gasteiger partial charge in [0, 0.05) is 0 Å². The van der Waals surface area contributed by atoms with E-state index in [-0.39, 0.29) is 17.8 Å². The molecule has 0 bridgehead atoms. The molecule has 1 amide bonds. The Morgan fingerprint density at radius 1 is 1.13 bits per heavy atom. The number of amidine groups is 1. The van der Waals surface area contributed by atoms with E-state index in [0.29, 0.717) is 28.8 Å². The summed E-state index contributed by atoms with van der Waals surface area (Å²) in [7, 11) is 0. The molecular formula is C24H24N2O4S. The lowest BCUT2D eigenvalue weighted by Gasteiger charge is -2.33. The molecule has 0 saturated carbocycles.